The number of rotatable bonds is 8. The molecule has 0 amide bonds. The van der Waals surface area contributed by atoms with Crippen LogP contribution < -0.4 is 4.74 Å². The molecule has 5 nitrogen and oxygen atoms in total. The van der Waals surface area contributed by atoms with Gasteiger partial charge in [0.05, 0.1) is 18.7 Å². The Hall–Kier alpha value is -3.39. The molecule has 0 radical (unpaired) electrons. The van der Waals surface area contributed by atoms with E-state index in [2.05, 4.69) is 17.1 Å². The zero-order valence-electron chi connectivity index (χ0n) is 23.4. The van der Waals surface area contributed by atoms with E-state index in [0.717, 1.165) is 53.7 Å². The third kappa shape index (κ3) is 5.85. The smallest absolute Gasteiger partial charge is 0.306 e. The molecule has 3 aromatic rings. The van der Waals surface area contributed by atoms with E-state index in [4.69, 9.17) is 4.74 Å². The van der Waals surface area contributed by atoms with Crippen molar-refractivity contribution in [2.24, 2.45) is 11.8 Å². The van der Waals surface area contributed by atoms with E-state index in [1.165, 1.54) is 6.20 Å². The van der Waals surface area contributed by atoms with E-state index < -0.39 is 23.6 Å². The largest absolute Gasteiger partial charge is 0.485 e. The molecule has 2 fully saturated rings. The molecule has 1 aromatic heterocycles. The van der Waals surface area contributed by atoms with Crippen molar-refractivity contribution < 1.29 is 27.8 Å². The number of ether oxygens (including phenoxy) is 1. The van der Waals surface area contributed by atoms with Crippen molar-refractivity contribution in [2.75, 3.05) is 13.1 Å². The van der Waals surface area contributed by atoms with Crippen molar-refractivity contribution in [1.29, 1.82) is 0 Å². The number of halogens is 3. The molecule has 3 atom stereocenters. The van der Waals surface area contributed by atoms with Gasteiger partial charge in [0.15, 0.2) is 0 Å². The highest BCUT2D eigenvalue weighted by molar-refractivity contribution is 5.71. The minimum atomic E-state index is -2.72. The van der Waals surface area contributed by atoms with Crippen LogP contribution in [0.4, 0.5) is 13.2 Å². The number of aliphatic carboxylic acids is 1. The predicted octanol–water partition coefficient (Wildman–Crippen LogP) is 7.32. The van der Waals surface area contributed by atoms with Gasteiger partial charge in [0.1, 0.15) is 17.7 Å². The van der Waals surface area contributed by atoms with Gasteiger partial charge in [-0.3, -0.25) is 14.7 Å². The molecule has 8 heteroatoms. The number of alkyl halides is 2. The van der Waals surface area contributed by atoms with Crippen molar-refractivity contribution in [3.63, 3.8) is 0 Å². The molecule has 6 rings (SSSR count). The number of aromatic nitrogens is 1. The van der Waals surface area contributed by atoms with Gasteiger partial charge in [-0.15, -0.1) is 0 Å². The van der Waals surface area contributed by atoms with Crippen molar-refractivity contribution in [1.82, 2.24) is 9.88 Å². The maximum atomic E-state index is 14.9. The Morgan fingerprint density at radius 2 is 1.95 bits per heavy atom. The number of carboxylic acids is 1. The first-order chi connectivity index (χ1) is 19.6. The topological polar surface area (TPSA) is 62.7 Å². The van der Waals surface area contributed by atoms with Gasteiger partial charge in [0, 0.05) is 30.8 Å². The maximum Gasteiger partial charge on any atom is 0.306 e. The second kappa shape index (κ2) is 10.8. The lowest BCUT2D eigenvalue weighted by Gasteiger charge is -2.29. The molecule has 3 aliphatic rings. The fraction of sp³-hybridized carbons (Fsp3) is 0.455. The van der Waals surface area contributed by atoms with Crippen LogP contribution in [0.2, 0.25) is 0 Å². The van der Waals surface area contributed by atoms with Gasteiger partial charge >= 0.3 is 5.97 Å². The molecule has 2 aliphatic heterocycles. The van der Waals surface area contributed by atoms with Crippen molar-refractivity contribution >= 4 is 5.97 Å². The van der Waals surface area contributed by atoms with Crippen LogP contribution in [0, 0.1) is 24.6 Å². The van der Waals surface area contributed by atoms with E-state index >= 15 is 0 Å². The summed E-state index contributed by atoms with van der Waals surface area (Å²) in [7, 11) is 0. The molecule has 0 bridgehead atoms. The van der Waals surface area contributed by atoms with Crippen molar-refractivity contribution in [2.45, 2.75) is 70.4 Å². The molecule has 1 unspecified atom stereocenters. The predicted molar refractivity (Wildman–Crippen MR) is 150 cm³/mol. The SMILES string of the molecule is Cc1cc(-c2ccc(C3CCc4ccc([C@H](C5CC5)[C@H](C)C(=O)O)cc4O3)cc2CN2CCC(F)(F)C2)c(F)cn1. The summed E-state index contributed by atoms with van der Waals surface area (Å²) in [6.45, 7) is 3.82. The highest BCUT2D eigenvalue weighted by Gasteiger charge is 2.40. The third-order valence-electron chi connectivity index (χ3n) is 8.91. The summed E-state index contributed by atoms with van der Waals surface area (Å²) >= 11 is 0. The Kier molecular flexibility index (Phi) is 7.30. The van der Waals surface area contributed by atoms with Gasteiger partial charge in [-0.1, -0.05) is 37.3 Å². The van der Waals surface area contributed by atoms with Gasteiger partial charge in [0.2, 0.25) is 0 Å². The first-order valence-corrected chi connectivity index (χ1v) is 14.5. The fourth-order valence-corrected chi connectivity index (χ4v) is 6.55. The van der Waals surface area contributed by atoms with E-state index in [9.17, 15) is 23.1 Å². The summed E-state index contributed by atoms with van der Waals surface area (Å²) in [6.07, 6.45) is 4.38. The van der Waals surface area contributed by atoms with E-state index in [1.54, 1.807) is 24.8 Å². The van der Waals surface area contributed by atoms with Crippen LogP contribution >= 0.6 is 0 Å². The zero-order valence-corrected chi connectivity index (χ0v) is 23.4. The lowest BCUT2D eigenvalue weighted by Crippen LogP contribution is -2.25. The van der Waals surface area contributed by atoms with Gasteiger partial charge in [-0.05, 0) is 84.4 Å². The number of pyridine rings is 1. The number of carboxylic acid groups (broad SMARTS) is 1. The van der Waals surface area contributed by atoms with E-state index in [1.807, 2.05) is 24.3 Å². The van der Waals surface area contributed by atoms with Gasteiger partial charge in [0.25, 0.3) is 5.92 Å². The van der Waals surface area contributed by atoms with Gasteiger partial charge in [-0.2, -0.15) is 0 Å². The fourth-order valence-electron chi connectivity index (χ4n) is 6.55. The van der Waals surface area contributed by atoms with Crippen LogP contribution in [0.3, 0.4) is 0 Å². The van der Waals surface area contributed by atoms with Crippen LogP contribution in [0.25, 0.3) is 11.1 Å². The maximum absolute atomic E-state index is 14.9. The molecule has 41 heavy (non-hydrogen) atoms. The number of nitrogens with zero attached hydrogens (tertiary/aromatic N) is 2. The molecular weight excluding hydrogens is 529 g/mol. The normalized spacial score (nSPS) is 21.6. The standard InChI is InChI=1S/C33H35F3N2O3/c1-19-13-27(28(34)16-37-19)26-9-7-23(14-25(26)17-38-12-11-33(35,36)18-38)29-10-8-21-3-6-24(15-30(21)41-29)31(22-4-5-22)20(2)32(39)40/h3,6-7,9,13-16,20,22,29,31H,4-5,8,10-12,17-18H2,1-2H3,(H,39,40)/t20-,29?,31-/m0/s1. The summed E-state index contributed by atoms with van der Waals surface area (Å²) in [6, 6.07) is 13.6. The second-order valence-corrected chi connectivity index (χ2v) is 12.0. The number of benzene rings is 2. The molecule has 2 aromatic carbocycles. The van der Waals surface area contributed by atoms with Crippen molar-refractivity contribution in [3.8, 4) is 16.9 Å². The molecular formula is C33H35F3N2O3. The molecule has 1 aliphatic carbocycles. The third-order valence-corrected chi connectivity index (χ3v) is 8.91. The molecule has 1 saturated heterocycles. The first-order valence-electron chi connectivity index (χ1n) is 14.5. The summed E-state index contributed by atoms with van der Waals surface area (Å²) in [5.74, 6) is -3.35. The summed E-state index contributed by atoms with van der Waals surface area (Å²) in [4.78, 5) is 17.6. The molecule has 0 spiro atoms. The quantitative estimate of drug-likeness (QED) is 0.311. The van der Waals surface area contributed by atoms with Crippen LogP contribution in [0.15, 0.2) is 48.7 Å². The number of fused-ring (bicyclic) bond motifs is 1. The van der Waals surface area contributed by atoms with Gasteiger partial charge < -0.3 is 9.84 Å². The highest BCUT2D eigenvalue weighted by Crippen LogP contribution is 2.48. The summed E-state index contributed by atoms with van der Waals surface area (Å²) in [5.41, 5.74) is 5.52. The van der Waals surface area contributed by atoms with E-state index in [-0.39, 0.29) is 38.1 Å². The number of carbonyl (C=O) groups is 1. The van der Waals surface area contributed by atoms with Crippen LogP contribution in [-0.4, -0.2) is 40.0 Å². The second-order valence-electron chi connectivity index (χ2n) is 12.0. The minimum absolute atomic E-state index is 0.0510. The molecule has 3 heterocycles. The molecule has 1 N–H and O–H groups in total. The Bertz CT molecular complexity index is 1470. The molecule has 1 saturated carbocycles. The number of hydrogen-bond donors (Lipinski definition) is 1. The van der Waals surface area contributed by atoms with Crippen LogP contribution in [0.5, 0.6) is 5.75 Å². The number of hydrogen-bond acceptors (Lipinski definition) is 4. The van der Waals surface area contributed by atoms with Crippen LogP contribution in [-0.2, 0) is 17.8 Å². The zero-order chi connectivity index (χ0) is 28.9. The van der Waals surface area contributed by atoms with Crippen LogP contribution in [0.1, 0.15) is 72.6 Å². The Morgan fingerprint density at radius 3 is 2.66 bits per heavy atom. The monoisotopic (exact) mass is 564 g/mol. The highest BCUT2D eigenvalue weighted by atomic mass is 19.3. The Balaban J connectivity index is 1.31. The lowest BCUT2D eigenvalue weighted by molar-refractivity contribution is -0.142. The number of likely N-dealkylation sites (tertiary alicyclic amines) is 1. The first kappa shape index (κ1) is 27.8. The Labute approximate surface area is 238 Å². The average Bonchev–Trinajstić information content (AvgIpc) is 3.71. The van der Waals surface area contributed by atoms with Gasteiger partial charge in [-0.25, -0.2) is 13.2 Å². The lowest BCUT2D eigenvalue weighted by atomic mass is 9.82. The van der Waals surface area contributed by atoms with E-state index in [0.29, 0.717) is 22.7 Å². The Morgan fingerprint density at radius 1 is 1.15 bits per heavy atom. The number of aryl methyl sites for hydroxylation is 2. The summed E-state index contributed by atoms with van der Waals surface area (Å²) in [5, 5.41) is 9.71. The summed E-state index contributed by atoms with van der Waals surface area (Å²) < 4.78 is 49.5. The average molecular weight is 565 g/mol. The molecule has 216 valence electrons. The minimum Gasteiger partial charge on any atom is -0.485 e. The van der Waals surface area contributed by atoms with Crippen molar-refractivity contribution in [3.05, 3.63) is 82.4 Å².